The minimum absolute atomic E-state index is 0.0653. The van der Waals surface area contributed by atoms with Crippen molar-refractivity contribution in [1.82, 2.24) is 20.2 Å². The normalized spacial score (nSPS) is 17.9. The van der Waals surface area contributed by atoms with E-state index in [0.717, 1.165) is 24.1 Å². The standard InChI is InChI=1S/C17H19ClN4O2/c18-13-4-3-6-15(22-9-8-19-11-22)12(13)10-20-17(24)14-5-1-2-7-16(23)21-14/h3-4,6,8-9,11,14H,1-2,5,7,10H2,(H,20,24)(H,21,23)/t14-/m0/s1. The van der Waals surface area contributed by atoms with Crippen molar-refractivity contribution in [3.63, 3.8) is 0 Å². The van der Waals surface area contributed by atoms with Crippen LogP contribution in [0.4, 0.5) is 0 Å². The quantitative estimate of drug-likeness (QED) is 0.891. The van der Waals surface area contributed by atoms with Gasteiger partial charge in [-0.2, -0.15) is 0 Å². The Morgan fingerprint density at radius 2 is 2.29 bits per heavy atom. The van der Waals surface area contributed by atoms with Crippen LogP contribution < -0.4 is 10.6 Å². The van der Waals surface area contributed by atoms with Crippen molar-refractivity contribution < 1.29 is 9.59 Å². The molecule has 1 aromatic heterocycles. The second-order valence-electron chi connectivity index (χ2n) is 5.79. The number of rotatable bonds is 4. The number of aromatic nitrogens is 2. The molecule has 126 valence electrons. The minimum atomic E-state index is -0.473. The Labute approximate surface area is 145 Å². The Hall–Kier alpha value is -2.34. The monoisotopic (exact) mass is 346 g/mol. The van der Waals surface area contributed by atoms with E-state index in [0.29, 0.717) is 24.4 Å². The summed E-state index contributed by atoms with van der Waals surface area (Å²) in [6.45, 7) is 0.290. The van der Waals surface area contributed by atoms with Crippen LogP contribution in [0.2, 0.25) is 5.02 Å². The number of benzene rings is 1. The number of nitrogens with one attached hydrogen (secondary N) is 2. The molecule has 0 aliphatic carbocycles. The molecule has 1 saturated heterocycles. The summed E-state index contributed by atoms with van der Waals surface area (Å²) >= 11 is 6.31. The second-order valence-corrected chi connectivity index (χ2v) is 6.20. The average Bonchev–Trinajstić information content (AvgIpc) is 3.01. The summed E-state index contributed by atoms with van der Waals surface area (Å²) < 4.78 is 1.85. The van der Waals surface area contributed by atoms with Gasteiger partial charge in [0, 0.05) is 35.9 Å². The van der Waals surface area contributed by atoms with Crippen LogP contribution in [0.15, 0.2) is 36.9 Å². The van der Waals surface area contributed by atoms with Crippen LogP contribution in [0.3, 0.4) is 0 Å². The smallest absolute Gasteiger partial charge is 0.242 e. The van der Waals surface area contributed by atoms with E-state index in [1.165, 1.54) is 0 Å². The van der Waals surface area contributed by atoms with Crippen molar-refractivity contribution in [2.24, 2.45) is 0 Å². The number of nitrogens with zero attached hydrogens (tertiary/aromatic N) is 2. The van der Waals surface area contributed by atoms with E-state index in [1.54, 1.807) is 18.6 Å². The summed E-state index contributed by atoms with van der Waals surface area (Å²) in [6, 6.07) is 5.09. The van der Waals surface area contributed by atoms with Gasteiger partial charge in [0.1, 0.15) is 6.04 Å². The molecule has 7 heteroatoms. The lowest BCUT2D eigenvalue weighted by atomic mass is 10.1. The van der Waals surface area contributed by atoms with E-state index >= 15 is 0 Å². The van der Waals surface area contributed by atoms with Gasteiger partial charge in [0.05, 0.1) is 12.0 Å². The molecule has 1 fully saturated rings. The van der Waals surface area contributed by atoms with Crippen molar-refractivity contribution in [2.45, 2.75) is 38.3 Å². The molecule has 2 N–H and O–H groups in total. The molecule has 0 bridgehead atoms. The van der Waals surface area contributed by atoms with Gasteiger partial charge < -0.3 is 15.2 Å². The summed E-state index contributed by atoms with van der Waals surface area (Å²) in [7, 11) is 0. The SMILES string of the molecule is O=C1CCCC[C@@H](C(=O)NCc2c(Cl)cccc2-n2ccnc2)N1. The molecule has 2 amide bonds. The zero-order valence-electron chi connectivity index (χ0n) is 13.2. The predicted octanol–water partition coefficient (Wildman–Crippen LogP) is 2.20. The maximum Gasteiger partial charge on any atom is 0.242 e. The first kappa shape index (κ1) is 16.5. The average molecular weight is 347 g/mol. The fourth-order valence-corrected chi connectivity index (χ4v) is 3.07. The lowest BCUT2D eigenvalue weighted by Gasteiger charge is -2.17. The second kappa shape index (κ2) is 7.49. The van der Waals surface area contributed by atoms with Gasteiger partial charge in [-0.25, -0.2) is 4.98 Å². The number of hydrogen-bond acceptors (Lipinski definition) is 3. The molecule has 3 rings (SSSR count). The first-order chi connectivity index (χ1) is 11.6. The summed E-state index contributed by atoms with van der Waals surface area (Å²) in [5, 5.41) is 6.24. The van der Waals surface area contributed by atoms with Gasteiger partial charge in [0.25, 0.3) is 0 Å². The van der Waals surface area contributed by atoms with Crippen molar-refractivity contribution in [1.29, 1.82) is 0 Å². The van der Waals surface area contributed by atoms with E-state index in [1.807, 2.05) is 22.9 Å². The molecule has 0 saturated carbocycles. The molecule has 1 aliphatic heterocycles. The third-order valence-electron chi connectivity index (χ3n) is 4.11. The highest BCUT2D eigenvalue weighted by Gasteiger charge is 2.23. The van der Waals surface area contributed by atoms with Gasteiger partial charge in [-0.15, -0.1) is 0 Å². The zero-order chi connectivity index (χ0) is 16.9. The molecule has 2 aromatic rings. The van der Waals surface area contributed by atoms with Crippen LogP contribution >= 0.6 is 11.6 Å². The van der Waals surface area contributed by atoms with Crippen LogP contribution in [0, 0.1) is 0 Å². The first-order valence-electron chi connectivity index (χ1n) is 7.98. The maximum absolute atomic E-state index is 12.4. The molecule has 1 atom stereocenters. The summed E-state index contributed by atoms with van der Waals surface area (Å²) in [4.78, 5) is 28.0. The highest BCUT2D eigenvalue weighted by Crippen LogP contribution is 2.23. The van der Waals surface area contributed by atoms with Crippen LogP contribution in [-0.4, -0.2) is 27.4 Å². The Balaban J connectivity index is 1.72. The topological polar surface area (TPSA) is 76.0 Å². The molecule has 2 heterocycles. The number of carbonyl (C=O) groups is 2. The number of hydrogen-bond donors (Lipinski definition) is 2. The zero-order valence-corrected chi connectivity index (χ0v) is 13.9. The highest BCUT2D eigenvalue weighted by molar-refractivity contribution is 6.31. The van der Waals surface area contributed by atoms with Crippen LogP contribution in [0.25, 0.3) is 5.69 Å². The van der Waals surface area contributed by atoms with E-state index in [9.17, 15) is 9.59 Å². The Kier molecular flexibility index (Phi) is 5.15. The molecular weight excluding hydrogens is 328 g/mol. The lowest BCUT2D eigenvalue weighted by molar-refractivity contribution is -0.128. The largest absolute Gasteiger partial charge is 0.350 e. The van der Waals surface area contributed by atoms with Crippen LogP contribution in [0.5, 0.6) is 0 Å². The number of halogens is 1. The molecule has 24 heavy (non-hydrogen) atoms. The fourth-order valence-electron chi connectivity index (χ4n) is 2.83. The van der Waals surface area contributed by atoms with Gasteiger partial charge in [0.2, 0.25) is 11.8 Å². The Morgan fingerprint density at radius 3 is 3.08 bits per heavy atom. The van der Waals surface area contributed by atoms with E-state index in [-0.39, 0.29) is 11.8 Å². The molecule has 0 unspecified atom stereocenters. The number of amides is 2. The summed E-state index contributed by atoms with van der Waals surface area (Å²) in [5.41, 5.74) is 1.68. The van der Waals surface area contributed by atoms with Gasteiger partial charge in [0.15, 0.2) is 0 Å². The number of carbonyl (C=O) groups excluding carboxylic acids is 2. The van der Waals surface area contributed by atoms with Crippen molar-refractivity contribution in [3.05, 3.63) is 47.5 Å². The van der Waals surface area contributed by atoms with Gasteiger partial charge in [-0.1, -0.05) is 24.1 Å². The molecule has 0 spiro atoms. The van der Waals surface area contributed by atoms with Crippen LogP contribution in [-0.2, 0) is 16.1 Å². The van der Waals surface area contributed by atoms with Gasteiger partial charge >= 0.3 is 0 Å². The van der Waals surface area contributed by atoms with E-state index in [4.69, 9.17) is 11.6 Å². The van der Waals surface area contributed by atoms with E-state index < -0.39 is 6.04 Å². The fraction of sp³-hybridized carbons (Fsp3) is 0.353. The van der Waals surface area contributed by atoms with Crippen LogP contribution in [0.1, 0.15) is 31.2 Å². The van der Waals surface area contributed by atoms with Gasteiger partial charge in [-0.3, -0.25) is 9.59 Å². The molecule has 6 nitrogen and oxygen atoms in total. The Bertz CT molecular complexity index is 730. The molecule has 1 aromatic carbocycles. The molecule has 1 aliphatic rings. The lowest BCUT2D eigenvalue weighted by Crippen LogP contribution is -2.45. The number of imidazole rings is 1. The molecule has 0 radical (unpaired) electrons. The van der Waals surface area contributed by atoms with Crippen molar-refractivity contribution in [2.75, 3.05) is 0 Å². The predicted molar refractivity (Wildman–Crippen MR) is 90.8 cm³/mol. The van der Waals surface area contributed by atoms with Gasteiger partial charge in [-0.05, 0) is 25.0 Å². The maximum atomic E-state index is 12.4. The summed E-state index contributed by atoms with van der Waals surface area (Å²) in [5.74, 6) is -0.244. The third kappa shape index (κ3) is 3.76. The Morgan fingerprint density at radius 1 is 1.42 bits per heavy atom. The molecular formula is C17H19ClN4O2. The minimum Gasteiger partial charge on any atom is -0.350 e. The van der Waals surface area contributed by atoms with Crippen molar-refractivity contribution >= 4 is 23.4 Å². The first-order valence-corrected chi connectivity index (χ1v) is 8.36. The van der Waals surface area contributed by atoms with E-state index in [2.05, 4.69) is 15.6 Å². The third-order valence-corrected chi connectivity index (χ3v) is 4.47. The summed E-state index contributed by atoms with van der Waals surface area (Å²) in [6.07, 6.45) is 8.02. The van der Waals surface area contributed by atoms with Crippen molar-refractivity contribution in [3.8, 4) is 5.69 Å². The highest BCUT2D eigenvalue weighted by atomic mass is 35.5.